The number of hydrogen-bond acceptors (Lipinski definition) is 9. The number of fused-ring (bicyclic) bond motifs is 3. The molecule has 1 fully saturated rings. The van der Waals surface area contributed by atoms with Crippen molar-refractivity contribution < 1.29 is 34.8 Å². The fraction of sp³-hybridized carbons (Fsp3) is 0.286. The highest BCUT2D eigenvalue weighted by Crippen LogP contribution is 2.52. The lowest BCUT2D eigenvalue weighted by molar-refractivity contribution is -0.153. The summed E-state index contributed by atoms with van der Waals surface area (Å²) in [6.45, 7) is 0. The summed E-state index contributed by atoms with van der Waals surface area (Å²) in [6.07, 6.45) is 3.39. The molecule has 0 unspecified atom stereocenters. The molecule has 1 aromatic heterocycles. The Bertz CT molecular complexity index is 1530. The van der Waals surface area contributed by atoms with Crippen molar-refractivity contribution >= 4 is 23.2 Å². The average Bonchev–Trinajstić information content (AvgIpc) is 2.86. The third kappa shape index (κ3) is 3.51. The summed E-state index contributed by atoms with van der Waals surface area (Å²) < 4.78 is 0. The van der Waals surface area contributed by atoms with Gasteiger partial charge in [-0.2, -0.15) is 0 Å². The number of carbonyl (C=O) groups is 3. The number of hydrogen-bond donors (Lipinski definition) is 5. The van der Waals surface area contributed by atoms with E-state index in [2.05, 4.69) is 16.8 Å². The van der Waals surface area contributed by atoms with Crippen molar-refractivity contribution in [3.63, 3.8) is 0 Å². The van der Waals surface area contributed by atoms with Crippen LogP contribution in [0.25, 0.3) is 5.76 Å². The lowest BCUT2D eigenvalue weighted by atomic mass is 9.57. The fourth-order valence-electron chi connectivity index (χ4n) is 5.94. The molecule has 0 aliphatic heterocycles. The number of aromatic nitrogens is 1. The molecule has 5 rings (SSSR count). The third-order valence-electron chi connectivity index (χ3n) is 7.61. The number of aliphatic hydroxyl groups is 3. The second kappa shape index (κ2) is 8.83. The third-order valence-corrected chi connectivity index (χ3v) is 7.61. The minimum atomic E-state index is -2.67. The maximum absolute atomic E-state index is 13.8. The number of nitrogens with two attached hydrogens (primary N) is 1. The highest BCUT2D eigenvalue weighted by Gasteiger charge is 2.64. The number of phenolic OH excluding ortho intramolecular Hbond substituents is 1. The van der Waals surface area contributed by atoms with Crippen molar-refractivity contribution in [2.24, 2.45) is 17.6 Å². The topological polar surface area (TPSA) is 174 Å². The Labute approximate surface area is 217 Å². The molecule has 1 aromatic carbocycles. The first-order chi connectivity index (χ1) is 18.0. The van der Waals surface area contributed by atoms with Crippen LogP contribution in [0.1, 0.15) is 28.7 Å². The quantitative estimate of drug-likeness (QED) is 0.286. The molecular formula is C28H25N3O7. The molecule has 38 heavy (non-hydrogen) atoms. The van der Waals surface area contributed by atoms with Gasteiger partial charge >= 0.3 is 0 Å². The zero-order chi connectivity index (χ0) is 27.5. The molecule has 1 amide bonds. The summed E-state index contributed by atoms with van der Waals surface area (Å²) in [5, 5.41) is 44.4. The fourth-order valence-corrected chi connectivity index (χ4v) is 5.94. The molecule has 0 radical (unpaired) electrons. The average molecular weight is 516 g/mol. The van der Waals surface area contributed by atoms with Crippen LogP contribution in [0.5, 0.6) is 5.75 Å². The van der Waals surface area contributed by atoms with Gasteiger partial charge in [-0.1, -0.05) is 11.8 Å². The van der Waals surface area contributed by atoms with Gasteiger partial charge in [0.05, 0.1) is 11.6 Å². The van der Waals surface area contributed by atoms with Crippen LogP contribution in [-0.4, -0.2) is 73.5 Å². The highest BCUT2D eigenvalue weighted by atomic mass is 16.3. The highest BCUT2D eigenvalue weighted by molar-refractivity contribution is 6.24. The number of aromatic hydroxyl groups is 1. The smallest absolute Gasteiger partial charge is 0.255 e. The Balaban J connectivity index is 1.69. The summed E-state index contributed by atoms with van der Waals surface area (Å²) in [5.41, 5.74) is 3.30. The molecule has 6 N–H and O–H groups in total. The van der Waals surface area contributed by atoms with Crippen LogP contribution >= 0.6 is 0 Å². The van der Waals surface area contributed by atoms with Gasteiger partial charge in [-0.15, -0.1) is 0 Å². The van der Waals surface area contributed by atoms with E-state index in [4.69, 9.17) is 5.73 Å². The number of Topliss-reactive ketones (excluding diaryl/α,β-unsaturated/α-hetero) is 2. The molecule has 10 nitrogen and oxygen atoms in total. The zero-order valence-electron chi connectivity index (χ0n) is 20.6. The number of primary amides is 1. The first kappa shape index (κ1) is 25.2. The Kier molecular flexibility index (Phi) is 5.86. The van der Waals surface area contributed by atoms with Crippen LogP contribution in [0.2, 0.25) is 0 Å². The van der Waals surface area contributed by atoms with E-state index in [1.165, 1.54) is 11.0 Å². The van der Waals surface area contributed by atoms with Crippen LogP contribution in [0.4, 0.5) is 0 Å². The Morgan fingerprint density at radius 2 is 1.89 bits per heavy atom. The van der Waals surface area contributed by atoms with Gasteiger partial charge < -0.3 is 26.2 Å². The number of likely N-dealkylation sites (N-methyl/N-ethyl adjacent to an activating group) is 1. The summed E-state index contributed by atoms with van der Waals surface area (Å²) in [4.78, 5) is 44.5. The van der Waals surface area contributed by atoms with Crippen LogP contribution in [0.15, 0.2) is 53.6 Å². The molecule has 194 valence electrons. The summed E-state index contributed by atoms with van der Waals surface area (Å²) in [7, 11) is 3.11. The van der Waals surface area contributed by atoms with Crippen molar-refractivity contribution in [2.45, 2.75) is 24.5 Å². The zero-order valence-corrected chi connectivity index (χ0v) is 20.6. The number of amides is 1. The van der Waals surface area contributed by atoms with Crippen LogP contribution in [0, 0.1) is 23.7 Å². The lowest BCUT2D eigenvalue weighted by Crippen LogP contribution is -2.65. The van der Waals surface area contributed by atoms with Crippen molar-refractivity contribution in [1.82, 2.24) is 9.88 Å². The molecule has 0 saturated heterocycles. The molecule has 3 aliphatic rings. The molecule has 2 aromatic rings. The van der Waals surface area contributed by atoms with E-state index < -0.39 is 58.0 Å². The van der Waals surface area contributed by atoms with Gasteiger partial charge in [0.15, 0.2) is 11.4 Å². The number of rotatable bonds is 2. The number of benzene rings is 1. The maximum atomic E-state index is 13.8. The number of phenols is 1. The molecule has 10 heteroatoms. The first-order valence-electron chi connectivity index (χ1n) is 11.9. The second-order valence-corrected chi connectivity index (χ2v) is 9.94. The summed E-state index contributed by atoms with van der Waals surface area (Å²) in [5.74, 6) is -0.856. The van der Waals surface area contributed by atoms with Crippen molar-refractivity contribution in [3.8, 4) is 17.6 Å². The number of carbonyl (C=O) groups excluding carboxylic acids is 3. The molecule has 4 atom stereocenters. The minimum absolute atomic E-state index is 0.000670. The second-order valence-electron chi connectivity index (χ2n) is 9.94. The van der Waals surface area contributed by atoms with E-state index in [-0.39, 0.29) is 29.7 Å². The SMILES string of the molecule is CN(C)[C@H]1C(=O)C(C(N)=O)=C(O)[C@@]2(O)C(=O)C3=C(O)c4c(O)ccc(C#Cc5cccnc5)c4C[C@H]3C[C@@H]12. The first-order valence-corrected chi connectivity index (χ1v) is 11.9. The minimum Gasteiger partial charge on any atom is -0.508 e. The van der Waals surface area contributed by atoms with Crippen LogP contribution in [0.3, 0.4) is 0 Å². The van der Waals surface area contributed by atoms with Gasteiger partial charge in [-0.05, 0) is 62.7 Å². The van der Waals surface area contributed by atoms with E-state index in [1.807, 2.05) is 0 Å². The Hall–Kier alpha value is -4.46. The number of nitrogens with zero attached hydrogens (tertiary/aromatic N) is 2. The number of pyridine rings is 1. The normalized spacial score (nSPS) is 26.4. The Morgan fingerprint density at radius 1 is 1.16 bits per heavy atom. The molecule has 1 heterocycles. The van der Waals surface area contributed by atoms with Gasteiger partial charge in [0.25, 0.3) is 5.91 Å². The molecule has 1 saturated carbocycles. The van der Waals surface area contributed by atoms with Crippen molar-refractivity contribution in [2.75, 3.05) is 14.1 Å². The van der Waals surface area contributed by atoms with E-state index >= 15 is 0 Å². The van der Waals surface area contributed by atoms with E-state index in [9.17, 15) is 34.8 Å². The van der Waals surface area contributed by atoms with Gasteiger partial charge in [0.1, 0.15) is 22.8 Å². The van der Waals surface area contributed by atoms with Crippen LogP contribution < -0.4 is 5.73 Å². The molecule has 3 aliphatic carbocycles. The van der Waals surface area contributed by atoms with Gasteiger partial charge in [-0.25, -0.2) is 0 Å². The molecule has 0 spiro atoms. The predicted molar refractivity (Wildman–Crippen MR) is 134 cm³/mol. The molecular weight excluding hydrogens is 490 g/mol. The maximum Gasteiger partial charge on any atom is 0.255 e. The largest absolute Gasteiger partial charge is 0.508 e. The lowest BCUT2D eigenvalue weighted by Gasteiger charge is -2.50. The van der Waals surface area contributed by atoms with Crippen molar-refractivity contribution in [1.29, 1.82) is 0 Å². The predicted octanol–water partition coefficient (Wildman–Crippen LogP) is 0.759. The van der Waals surface area contributed by atoms with E-state index in [1.54, 1.807) is 44.7 Å². The standard InChI is InChI=1S/C28H25N3O7/c1-31(2)22-17-11-15-10-16-14(6-5-13-4-3-9-30-12-13)7-8-18(32)20(16)23(33)19(15)25(35)28(17,38)26(36)21(24(22)34)27(29)37/h3-4,7-9,12,15,17,22,32-33,36,38H,10-11H2,1-2H3,(H2,29,37)/t15-,17-,22+,28-/m0/s1. The van der Waals surface area contributed by atoms with E-state index in [0.717, 1.165) is 0 Å². The summed E-state index contributed by atoms with van der Waals surface area (Å²) >= 11 is 0. The Morgan fingerprint density at radius 3 is 2.53 bits per heavy atom. The van der Waals surface area contributed by atoms with Crippen molar-refractivity contribution in [3.05, 3.63) is 75.8 Å². The number of aliphatic hydroxyl groups excluding tert-OH is 2. The van der Waals surface area contributed by atoms with Gasteiger partial charge in [0.2, 0.25) is 5.78 Å². The van der Waals surface area contributed by atoms with Crippen LogP contribution in [-0.2, 0) is 20.8 Å². The summed E-state index contributed by atoms with van der Waals surface area (Å²) in [6, 6.07) is 5.34. The van der Waals surface area contributed by atoms with Gasteiger partial charge in [-0.3, -0.25) is 24.3 Å². The van der Waals surface area contributed by atoms with Gasteiger partial charge in [0, 0.05) is 35.0 Å². The van der Waals surface area contributed by atoms with E-state index in [0.29, 0.717) is 16.7 Å². The molecule has 0 bridgehead atoms. The number of ketones is 2. The monoisotopic (exact) mass is 515 g/mol.